The molecule has 0 saturated carbocycles. The van der Waals surface area contributed by atoms with Gasteiger partial charge >= 0.3 is 0 Å². The second-order valence-electron chi connectivity index (χ2n) is 5.99. The maximum absolute atomic E-state index is 5.41. The highest BCUT2D eigenvalue weighted by atomic mass is 32.2. The van der Waals surface area contributed by atoms with Gasteiger partial charge in [0, 0.05) is 13.0 Å². The van der Waals surface area contributed by atoms with Crippen LogP contribution in [-0.4, -0.2) is 48.6 Å². The minimum atomic E-state index is 0.291. The molecule has 7 nitrogen and oxygen atoms in total. The summed E-state index contributed by atoms with van der Waals surface area (Å²) in [7, 11) is 2.01. The van der Waals surface area contributed by atoms with E-state index in [2.05, 4.69) is 39.1 Å². The van der Waals surface area contributed by atoms with Crippen LogP contribution in [0, 0.1) is 0 Å². The van der Waals surface area contributed by atoms with Crippen LogP contribution in [-0.2, 0) is 13.6 Å². The first kappa shape index (κ1) is 16.4. The molecule has 1 aliphatic rings. The van der Waals surface area contributed by atoms with Gasteiger partial charge in [0.1, 0.15) is 12.2 Å². The summed E-state index contributed by atoms with van der Waals surface area (Å²) < 4.78 is 7.44. The van der Waals surface area contributed by atoms with Gasteiger partial charge in [0.05, 0.1) is 11.8 Å². The second kappa shape index (κ2) is 7.44. The lowest BCUT2D eigenvalue weighted by molar-refractivity contribution is 0.177. The van der Waals surface area contributed by atoms with Crippen LogP contribution in [0.4, 0.5) is 0 Å². The molecule has 0 amide bonds. The molecule has 1 aliphatic heterocycles. The highest BCUT2D eigenvalue weighted by Gasteiger charge is 2.25. The van der Waals surface area contributed by atoms with Crippen LogP contribution in [0.25, 0.3) is 0 Å². The Bertz CT molecular complexity index is 619. The van der Waals surface area contributed by atoms with Crippen molar-refractivity contribution in [2.75, 3.05) is 18.8 Å². The molecule has 0 radical (unpaired) electrons. The van der Waals surface area contributed by atoms with Crippen molar-refractivity contribution in [3.05, 3.63) is 23.9 Å². The van der Waals surface area contributed by atoms with Crippen molar-refractivity contribution in [1.82, 2.24) is 29.8 Å². The van der Waals surface area contributed by atoms with E-state index in [1.807, 2.05) is 23.4 Å². The zero-order valence-electron chi connectivity index (χ0n) is 14.0. The third kappa shape index (κ3) is 3.92. The van der Waals surface area contributed by atoms with E-state index in [9.17, 15) is 0 Å². The molecule has 0 aromatic carbocycles. The predicted molar refractivity (Wildman–Crippen MR) is 89.1 cm³/mol. The lowest BCUT2D eigenvalue weighted by Crippen LogP contribution is -2.33. The third-order valence-corrected chi connectivity index (χ3v) is 5.37. The smallest absolute Gasteiger partial charge is 0.240 e. The normalized spacial score (nSPS) is 18.4. The fourth-order valence-corrected chi connectivity index (χ4v) is 3.77. The Labute approximate surface area is 140 Å². The molecular weight excluding hydrogens is 312 g/mol. The van der Waals surface area contributed by atoms with Gasteiger partial charge in [-0.2, -0.15) is 16.7 Å². The molecule has 23 heavy (non-hydrogen) atoms. The Morgan fingerprint density at radius 1 is 1.39 bits per heavy atom. The number of hydrogen-bond donors (Lipinski definition) is 0. The fourth-order valence-electron chi connectivity index (χ4n) is 3.02. The van der Waals surface area contributed by atoms with Crippen molar-refractivity contribution in [3.8, 4) is 0 Å². The molecule has 2 aromatic heterocycles. The molecule has 8 heteroatoms. The van der Waals surface area contributed by atoms with Crippen LogP contribution < -0.4 is 0 Å². The summed E-state index contributed by atoms with van der Waals surface area (Å²) in [5, 5.41) is 12.6. The maximum atomic E-state index is 5.41. The number of likely N-dealkylation sites (tertiary alicyclic amines) is 1. The zero-order chi connectivity index (χ0) is 16.2. The van der Waals surface area contributed by atoms with Gasteiger partial charge in [-0.15, -0.1) is 10.2 Å². The number of hydrogen-bond acceptors (Lipinski definition) is 7. The molecule has 3 heterocycles. The standard InChI is InChI=1S/C15H24N6OS/c1-4-23-11(2)14-17-13(22-19-14)9-21-7-5-12(6-8-21)15-18-16-10-20(15)3/h10-12H,4-9H2,1-3H3. The first-order valence-corrected chi connectivity index (χ1v) is 9.22. The lowest BCUT2D eigenvalue weighted by Gasteiger charge is -2.30. The van der Waals surface area contributed by atoms with Crippen molar-refractivity contribution in [3.63, 3.8) is 0 Å². The lowest BCUT2D eigenvalue weighted by atomic mass is 9.96. The quantitative estimate of drug-likeness (QED) is 0.802. The molecule has 126 valence electrons. The summed E-state index contributed by atoms with van der Waals surface area (Å²) >= 11 is 1.83. The summed E-state index contributed by atoms with van der Waals surface area (Å²) in [4.78, 5) is 6.92. The Balaban J connectivity index is 1.52. The number of aromatic nitrogens is 5. The Hall–Kier alpha value is -1.41. The Kier molecular flexibility index (Phi) is 5.32. The van der Waals surface area contributed by atoms with Crippen LogP contribution >= 0.6 is 11.8 Å². The van der Waals surface area contributed by atoms with Gasteiger partial charge in [0.15, 0.2) is 5.82 Å². The monoisotopic (exact) mass is 336 g/mol. The van der Waals surface area contributed by atoms with Gasteiger partial charge in [-0.1, -0.05) is 12.1 Å². The molecule has 1 unspecified atom stereocenters. The van der Waals surface area contributed by atoms with Gasteiger partial charge in [0.25, 0.3) is 0 Å². The first-order chi connectivity index (χ1) is 11.2. The fraction of sp³-hybridized carbons (Fsp3) is 0.733. The average molecular weight is 336 g/mol. The molecule has 2 aromatic rings. The second-order valence-corrected chi connectivity index (χ2v) is 7.61. The topological polar surface area (TPSA) is 72.9 Å². The SMILES string of the molecule is CCSC(C)c1noc(CN2CCC(c3nncn3C)CC2)n1. The van der Waals surface area contributed by atoms with E-state index in [4.69, 9.17) is 4.52 Å². The highest BCUT2D eigenvalue weighted by Crippen LogP contribution is 2.28. The number of thioether (sulfide) groups is 1. The number of piperidine rings is 1. The van der Waals surface area contributed by atoms with Gasteiger partial charge in [-0.05, 0) is 38.6 Å². The summed E-state index contributed by atoms with van der Waals surface area (Å²) in [6, 6.07) is 0. The maximum Gasteiger partial charge on any atom is 0.240 e. The molecule has 0 bridgehead atoms. The van der Waals surface area contributed by atoms with E-state index in [0.717, 1.165) is 55.8 Å². The largest absolute Gasteiger partial charge is 0.338 e. The van der Waals surface area contributed by atoms with E-state index >= 15 is 0 Å². The minimum absolute atomic E-state index is 0.291. The van der Waals surface area contributed by atoms with Crippen molar-refractivity contribution in [2.24, 2.45) is 7.05 Å². The van der Waals surface area contributed by atoms with Crippen molar-refractivity contribution < 1.29 is 4.52 Å². The molecule has 1 saturated heterocycles. The van der Waals surface area contributed by atoms with E-state index in [-0.39, 0.29) is 0 Å². The van der Waals surface area contributed by atoms with Crippen LogP contribution in [0.15, 0.2) is 10.9 Å². The van der Waals surface area contributed by atoms with Crippen LogP contribution in [0.5, 0.6) is 0 Å². The molecule has 0 N–H and O–H groups in total. The predicted octanol–water partition coefficient (Wildman–Crippen LogP) is 2.39. The van der Waals surface area contributed by atoms with Crippen LogP contribution in [0.3, 0.4) is 0 Å². The van der Waals surface area contributed by atoms with Gasteiger partial charge in [-0.25, -0.2) is 0 Å². The minimum Gasteiger partial charge on any atom is -0.338 e. The van der Waals surface area contributed by atoms with Gasteiger partial charge in [0.2, 0.25) is 5.89 Å². The molecular formula is C15H24N6OS. The van der Waals surface area contributed by atoms with Crippen molar-refractivity contribution in [2.45, 2.75) is 44.4 Å². The Morgan fingerprint density at radius 3 is 2.83 bits per heavy atom. The molecule has 0 spiro atoms. The summed E-state index contributed by atoms with van der Waals surface area (Å²) in [5.41, 5.74) is 0. The summed E-state index contributed by atoms with van der Waals surface area (Å²) in [6.07, 6.45) is 3.96. The first-order valence-electron chi connectivity index (χ1n) is 8.17. The molecule has 3 rings (SSSR count). The van der Waals surface area contributed by atoms with Crippen molar-refractivity contribution in [1.29, 1.82) is 0 Å². The molecule has 1 atom stereocenters. The van der Waals surface area contributed by atoms with Gasteiger partial charge in [-0.3, -0.25) is 4.90 Å². The van der Waals surface area contributed by atoms with Crippen LogP contribution in [0.2, 0.25) is 0 Å². The van der Waals surface area contributed by atoms with E-state index in [1.165, 1.54) is 0 Å². The Morgan fingerprint density at radius 2 is 2.17 bits per heavy atom. The van der Waals surface area contributed by atoms with E-state index in [1.54, 1.807) is 6.33 Å². The summed E-state index contributed by atoms with van der Waals surface area (Å²) in [5.74, 6) is 4.18. The number of rotatable bonds is 6. The number of nitrogens with zero attached hydrogens (tertiary/aromatic N) is 6. The van der Waals surface area contributed by atoms with E-state index in [0.29, 0.717) is 11.2 Å². The highest BCUT2D eigenvalue weighted by molar-refractivity contribution is 7.99. The van der Waals surface area contributed by atoms with Crippen molar-refractivity contribution >= 4 is 11.8 Å². The molecule has 1 fully saturated rings. The summed E-state index contributed by atoms with van der Waals surface area (Å²) in [6.45, 7) is 7.05. The van der Waals surface area contributed by atoms with Crippen LogP contribution in [0.1, 0.15) is 55.4 Å². The number of aryl methyl sites for hydroxylation is 1. The molecule has 0 aliphatic carbocycles. The average Bonchev–Trinajstić information content (AvgIpc) is 3.18. The van der Waals surface area contributed by atoms with E-state index < -0.39 is 0 Å². The van der Waals surface area contributed by atoms with Gasteiger partial charge < -0.3 is 9.09 Å². The zero-order valence-corrected chi connectivity index (χ0v) is 14.8. The third-order valence-electron chi connectivity index (χ3n) is 4.32.